The molecule has 0 amide bonds. The highest BCUT2D eigenvalue weighted by molar-refractivity contribution is 7.48. The molecule has 0 fully saturated rings. The smallest absolute Gasteiger partial charge is 0.237 e. The van der Waals surface area contributed by atoms with Crippen molar-refractivity contribution >= 4 is 26.8 Å². The van der Waals surface area contributed by atoms with Crippen LogP contribution in [0.1, 0.15) is 27.7 Å². The van der Waals surface area contributed by atoms with Crippen LogP contribution in [0.25, 0.3) is 0 Å². The highest BCUT2D eigenvalue weighted by atomic mass is 31.1. The number of rotatable bonds is 6. The maximum Gasteiger partial charge on any atom is 0.237 e. The van der Waals surface area contributed by atoms with Gasteiger partial charge < -0.3 is 9.79 Å². The average Bonchev–Trinajstić information content (AvgIpc) is 2.26. The molecule has 0 saturated heterocycles. The molecule has 0 aliphatic heterocycles. The van der Waals surface area contributed by atoms with Gasteiger partial charge in [-0.05, 0) is 13.8 Å². The van der Waals surface area contributed by atoms with E-state index in [2.05, 4.69) is 0 Å². The molecule has 0 saturated carbocycles. The van der Waals surface area contributed by atoms with Crippen molar-refractivity contribution in [3.8, 4) is 0 Å². The van der Waals surface area contributed by atoms with Gasteiger partial charge in [0.15, 0.2) is 0 Å². The Bertz CT molecular complexity index is 263. The van der Waals surface area contributed by atoms with E-state index >= 15 is 0 Å². The molecule has 0 radical (unpaired) electrons. The predicted octanol–water partition coefficient (Wildman–Crippen LogP) is 0.635. The Kier molecular flexibility index (Phi) is 8.34. The second kappa shape index (κ2) is 8.26. The number of nitrogens with zero attached hydrogens (tertiary/aromatic N) is 1. The fourth-order valence-electron chi connectivity index (χ4n) is 0.900. The summed E-state index contributed by atoms with van der Waals surface area (Å²) in [5, 5.41) is 0. The summed E-state index contributed by atoms with van der Waals surface area (Å²) in [7, 11) is -2.02. The van der Waals surface area contributed by atoms with Crippen LogP contribution in [-0.4, -0.2) is 36.0 Å². The lowest BCUT2D eigenvalue weighted by Gasteiger charge is -2.13. The number of hydrogen-bond acceptors (Lipinski definition) is 4. The molecular formula is C9H19NO4P2. The second-order valence-electron chi connectivity index (χ2n) is 3.00. The molecule has 7 heteroatoms. The second-order valence-corrected chi connectivity index (χ2v) is 5.84. The van der Waals surface area contributed by atoms with Crippen molar-refractivity contribution in [3.63, 3.8) is 0 Å². The van der Waals surface area contributed by atoms with Crippen molar-refractivity contribution in [1.29, 1.82) is 0 Å². The highest BCUT2D eigenvalue weighted by Crippen LogP contribution is 2.21. The third-order valence-corrected chi connectivity index (χ3v) is 4.63. The van der Waals surface area contributed by atoms with Crippen LogP contribution in [0.3, 0.4) is 0 Å². The maximum atomic E-state index is 11.6. The Balaban J connectivity index is 4.85. The maximum absolute atomic E-state index is 11.6. The van der Waals surface area contributed by atoms with E-state index in [0.29, 0.717) is 24.0 Å². The van der Waals surface area contributed by atoms with Gasteiger partial charge in [-0.1, -0.05) is 0 Å². The minimum absolute atomic E-state index is 0.386. The zero-order chi connectivity index (χ0) is 12.7. The zero-order valence-electron chi connectivity index (χ0n) is 10.4. The average molecular weight is 267 g/mol. The van der Waals surface area contributed by atoms with Crippen molar-refractivity contribution in [3.05, 3.63) is 0 Å². The van der Waals surface area contributed by atoms with Crippen LogP contribution in [0, 0.1) is 0 Å². The monoisotopic (exact) mass is 267 g/mol. The first-order valence-corrected chi connectivity index (χ1v) is 7.42. The normalized spacial score (nSPS) is 15.0. The summed E-state index contributed by atoms with van der Waals surface area (Å²) in [6.45, 7) is 7.70. The molecule has 0 aromatic heterocycles. The van der Waals surface area contributed by atoms with Gasteiger partial charge in [-0.15, -0.1) is 0 Å². The third-order valence-electron chi connectivity index (χ3n) is 1.99. The van der Waals surface area contributed by atoms with E-state index in [4.69, 9.17) is 9.05 Å². The lowest BCUT2D eigenvalue weighted by atomic mass is 10.6. The molecule has 0 rings (SSSR count). The standard InChI is InChI=1S/C9H19NO4P2/c1-6-13-15(11)8(3)10(5)9(4)16(12)14-7-2/h6-7H2,1-5H3. The highest BCUT2D eigenvalue weighted by Gasteiger charge is 2.20. The lowest BCUT2D eigenvalue weighted by Crippen LogP contribution is -2.31. The largest absolute Gasteiger partial charge is 0.602 e. The molecule has 0 aromatic carbocycles. The molecule has 2 atom stereocenters. The van der Waals surface area contributed by atoms with Crippen molar-refractivity contribution in [2.45, 2.75) is 27.7 Å². The van der Waals surface area contributed by atoms with Crippen LogP contribution < -0.4 is 9.79 Å². The van der Waals surface area contributed by atoms with E-state index in [9.17, 15) is 9.79 Å². The molecule has 16 heavy (non-hydrogen) atoms. The predicted molar refractivity (Wildman–Crippen MR) is 66.2 cm³/mol. The van der Waals surface area contributed by atoms with Gasteiger partial charge >= 0.3 is 0 Å². The van der Waals surface area contributed by atoms with E-state index in [-0.39, 0.29) is 0 Å². The van der Waals surface area contributed by atoms with Gasteiger partial charge in [0.1, 0.15) is 0 Å². The van der Waals surface area contributed by atoms with Crippen LogP contribution in [-0.2, 0) is 9.05 Å². The minimum atomic E-state index is -1.86. The van der Waals surface area contributed by atoms with E-state index in [1.165, 1.54) is 0 Å². The lowest BCUT2D eigenvalue weighted by molar-refractivity contribution is -0.172. The number of hydrogen-bond donors (Lipinski definition) is 0. The Morgan fingerprint density at radius 2 is 1.31 bits per heavy atom. The molecule has 0 bridgehead atoms. The van der Waals surface area contributed by atoms with Gasteiger partial charge in [0, 0.05) is 20.9 Å². The molecular weight excluding hydrogens is 248 g/mol. The molecule has 0 aromatic rings. The van der Waals surface area contributed by atoms with Crippen molar-refractivity contribution < 1.29 is 18.8 Å². The van der Waals surface area contributed by atoms with E-state index in [0.717, 1.165) is 0 Å². The van der Waals surface area contributed by atoms with Crippen LogP contribution >= 0.6 is 16.0 Å². The van der Waals surface area contributed by atoms with Crippen LogP contribution in [0.2, 0.25) is 0 Å². The molecule has 2 unspecified atom stereocenters. The van der Waals surface area contributed by atoms with Gasteiger partial charge in [-0.25, -0.2) is 0 Å². The van der Waals surface area contributed by atoms with Gasteiger partial charge in [-0.2, -0.15) is 13.9 Å². The molecule has 5 nitrogen and oxygen atoms in total. The molecule has 0 spiro atoms. The summed E-state index contributed by atoms with van der Waals surface area (Å²) in [5.41, 5.74) is 1.08. The summed E-state index contributed by atoms with van der Waals surface area (Å²) in [4.78, 5) is 24.7. The fraction of sp³-hybridized carbons (Fsp3) is 0.778. The van der Waals surface area contributed by atoms with E-state index in [1.54, 1.807) is 39.6 Å². The summed E-state index contributed by atoms with van der Waals surface area (Å²) in [6.07, 6.45) is 0. The summed E-state index contributed by atoms with van der Waals surface area (Å²) in [6, 6.07) is 0. The van der Waals surface area contributed by atoms with Gasteiger partial charge in [-0.3, -0.25) is 0 Å². The Labute approximate surface area is 99.1 Å². The van der Waals surface area contributed by atoms with Crippen LogP contribution in [0.4, 0.5) is 0 Å². The minimum Gasteiger partial charge on any atom is -0.602 e. The Morgan fingerprint density at radius 1 is 1.00 bits per heavy atom. The van der Waals surface area contributed by atoms with Crippen LogP contribution in [0.15, 0.2) is 0 Å². The van der Waals surface area contributed by atoms with Gasteiger partial charge in [0.25, 0.3) is 0 Å². The summed E-state index contributed by atoms with van der Waals surface area (Å²) in [5.74, 6) is 0. The van der Waals surface area contributed by atoms with Gasteiger partial charge in [0.05, 0.1) is 13.2 Å². The summed E-state index contributed by atoms with van der Waals surface area (Å²) < 4.78 is 9.99. The first-order valence-electron chi connectivity index (χ1n) is 5.06. The van der Waals surface area contributed by atoms with E-state index in [1.807, 2.05) is 0 Å². The Hall–Kier alpha value is 0.140. The fourth-order valence-corrected chi connectivity index (χ4v) is 2.61. The quantitative estimate of drug-likeness (QED) is 0.660. The molecule has 0 aliphatic rings. The molecule has 94 valence electrons. The third kappa shape index (κ3) is 4.98. The molecule has 0 heterocycles. The van der Waals surface area contributed by atoms with Crippen molar-refractivity contribution in [2.24, 2.45) is 0 Å². The van der Waals surface area contributed by atoms with E-state index < -0.39 is 16.0 Å². The first-order chi connectivity index (χ1) is 7.45. The molecule has 0 N–H and O–H groups in total. The van der Waals surface area contributed by atoms with Crippen molar-refractivity contribution in [2.75, 3.05) is 20.3 Å². The first kappa shape index (κ1) is 16.1. The molecule has 0 aliphatic carbocycles. The summed E-state index contributed by atoms with van der Waals surface area (Å²) >= 11 is 0. The Morgan fingerprint density at radius 3 is 1.56 bits per heavy atom. The van der Waals surface area contributed by atoms with Crippen molar-refractivity contribution in [1.82, 2.24) is 4.90 Å². The van der Waals surface area contributed by atoms with Crippen LogP contribution in [0.5, 0.6) is 0 Å². The zero-order valence-corrected chi connectivity index (χ0v) is 12.2. The van der Waals surface area contributed by atoms with Gasteiger partial charge in [0.2, 0.25) is 26.8 Å². The topological polar surface area (TPSA) is 67.8 Å². The SMILES string of the molecule is CCO[P+]([O-])=C(C)N(C)C(C)=[P+]([O-])OCC.